The van der Waals surface area contributed by atoms with Gasteiger partial charge in [0.25, 0.3) is 0 Å². The molecule has 0 spiro atoms. The Morgan fingerprint density at radius 1 is 1.09 bits per heavy atom. The Kier molecular flexibility index (Phi) is 10.2. The van der Waals surface area contributed by atoms with Crippen molar-refractivity contribution < 1.29 is 4.79 Å². The van der Waals surface area contributed by atoms with Gasteiger partial charge >= 0.3 is 0 Å². The van der Waals surface area contributed by atoms with E-state index in [1.54, 1.807) is 0 Å². The Morgan fingerprint density at radius 3 is 2.30 bits per heavy atom. The van der Waals surface area contributed by atoms with E-state index in [-0.39, 0.29) is 12.4 Å². The molecular weight excluding hydrogens is 308 g/mol. The lowest BCUT2D eigenvalue weighted by Crippen LogP contribution is -2.43. The van der Waals surface area contributed by atoms with Crippen LogP contribution in [0.5, 0.6) is 0 Å². The van der Waals surface area contributed by atoms with Crippen molar-refractivity contribution in [1.29, 1.82) is 0 Å². The highest BCUT2D eigenvalue weighted by Crippen LogP contribution is 2.33. The Morgan fingerprint density at radius 2 is 1.74 bits per heavy atom. The second-order valence-electron chi connectivity index (χ2n) is 7.45. The second kappa shape index (κ2) is 11.3. The monoisotopic (exact) mass is 344 g/mol. The summed E-state index contributed by atoms with van der Waals surface area (Å²) < 4.78 is 0. The zero-order chi connectivity index (χ0) is 15.8. The number of halogens is 1. The molecule has 1 amide bonds. The summed E-state index contributed by atoms with van der Waals surface area (Å²) in [4.78, 5) is 15.1. The van der Waals surface area contributed by atoms with Crippen LogP contribution < -0.4 is 5.32 Å². The molecular formula is C19H37ClN2O. The van der Waals surface area contributed by atoms with Gasteiger partial charge in [-0.2, -0.15) is 0 Å². The van der Waals surface area contributed by atoms with Crippen molar-refractivity contribution in [3.8, 4) is 0 Å². The van der Waals surface area contributed by atoms with Crippen molar-refractivity contribution >= 4 is 18.3 Å². The number of carbonyl (C=O) groups is 1. The van der Waals surface area contributed by atoms with Crippen LogP contribution in [-0.4, -0.2) is 37.0 Å². The van der Waals surface area contributed by atoms with E-state index in [9.17, 15) is 4.79 Å². The molecule has 0 bridgehead atoms. The molecule has 0 aromatic rings. The smallest absolute Gasteiger partial charge is 0.225 e. The number of carbonyl (C=O) groups excluding carboxylic acids is 1. The molecule has 2 rings (SSSR count). The highest BCUT2D eigenvalue weighted by atomic mass is 35.5. The number of hydrogen-bond donors (Lipinski definition) is 1. The van der Waals surface area contributed by atoms with Crippen LogP contribution in [0.2, 0.25) is 0 Å². The van der Waals surface area contributed by atoms with Crippen LogP contribution in [0.1, 0.15) is 71.6 Å². The Labute approximate surface area is 149 Å². The molecule has 4 heteroatoms. The van der Waals surface area contributed by atoms with Crippen LogP contribution in [0.25, 0.3) is 0 Å². The molecule has 23 heavy (non-hydrogen) atoms. The van der Waals surface area contributed by atoms with Gasteiger partial charge in [0.2, 0.25) is 5.91 Å². The second-order valence-corrected chi connectivity index (χ2v) is 7.45. The maximum absolute atomic E-state index is 12.9. The van der Waals surface area contributed by atoms with Crippen molar-refractivity contribution in [3.05, 3.63) is 0 Å². The lowest BCUT2D eigenvalue weighted by atomic mass is 9.88. The number of amides is 1. The summed E-state index contributed by atoms with van der Waals surface area (Å²) in [5.74, 6) is 2.37. The number of piperidine rings is 1. The van der Waals surface area contributed by atoms with Crippen molar-refractivity contribution in [2.24, 2.45) is 17.8 Å². The van der Waals surface area contributed by atoms with Crippen molar-refractivity contribution in [2.75, 3.05) is 26.2 Å². The minimum atomic E-state index is 0. The summed E-state index contributed by atoms with van der Waals surface area (Å²) in [6.07, 6.45) is 11.2. The summed E-state index contributed by atoms with van der Waals surface area (Å²) in [5.41, 5.74) is 0. The van der Waals surface area contributed by atoms with Crippen LogP contribution in [0.15, 0.2) is 0 Å². The van der Waals surface area contributed by atoms with Crippen LogP contribution in [-0.2, 0) is 4.79 Å². The fraction of sp³-hybridized carbons (Fsp3) is 0.947. The number of likely N-dealkylation sites (tertiary alicyclic amines) is 1. The molecule has 0 radical (unpaired) electrons. The molecule has 0 aromatic heterocycles. The molecule has 0 aromatic carbocycles. The summed E-state index contributed by atoms with van der Waals surface area (Å²) in [7, 11) is 0. The van der Waals surface area contributed by atoms with E-state index >= 15 is 0 Å². The molecule has 1 atom stereocenters. The number of hydrogen-bond acceptors (Lipinski definition) is 2. The van der Waals surface area contributed by atoms with E-state index in [2.05, 4.69) is 24.1 Å². The first-order valence-corrected chi connectivity index (χ1v) is 9.74. The zero-order valence-corrected chi connectivity index (χ0v) is 16.0. The standard InChI is InChI=1S/C19H36N2O.ClH/c1-3-7-18(14-16-8-5-6-9-16)19(22)21-12-10-17(11-13-21)15-20-4-2;/h16-18,20H,3-15H2,1-2H3;1H. The van der Waals surface area contributed by atoms with E-state index in [1.807, 2.05) is 0 Å². The first-order chi connectivity index (χ1) is 10.7. The van der Waals surface area contributed by atoms with Crippen molar-refractivity contribution in [3.63, 3.8) is 0 Å². The van der Waals surface area contributed by atoms with E-state index in [0.717, 1.165) is 57.3 Å². The van der Waals surface area contributed by atoms with E-state index < -0.39 is 0 Å². The maximum atomic E-state index is 12.9. The fourth-order valence-electron chi connectivity index (χ4n) is 4.30. The van der Waals surface area contributed by atoms with Gasteiger partial charge in [0, 0.05) is 19.0 Å². The summed E-state index contributed by atoms with van der Waals surface area (Å²) in [6.45, 7) is 8.53. The minimum Gasteiger partial charge on any atom is -0.342 e. The molecule has 1 saturated carbocycles. The first-order valence-electron chi connectivity index (χ1n) is 9.74. The average molecular weight is 345 g/mol. The van der Waals surface area contributed by atoms with E-state index in [1.165, 1.54) is 38.5 Å². The van der Waals surface area contributed by atoms with Crippen LogP contribution in [0.3, 0.4) is 0 Å². The maximum Gasteiger partial charge on any atom is 0.225 e. The SMILES string of the molecule is CCCC(CC1CCCC1)C(=O)N1CCC(CNCC)CC1.Cl. The van der Waals surface area contributed by atoms with Crippen LogP contribution >= 0.6 is 12.4 Å². The minimum absolute atomic E-state index is 0. The first kappa shape index (κ1) is 20.8. The van der Waals surface area contributed by atoms with Crippen molar-refractivity contribution in [1.82, 2.24) is 10.2 Å². The lowest BCUT2D eigenvalue weighted by Gasteiger charge is -2.35. The summed E-state index contributed by atoms with van der Waals surface area (Å²) in [6, 6.07) is 0. The third kappa shape index (κ3) is 6.62. The lowest BCUT2D eigenvalue weighted by molar-refractivity contribution is -0.137. The van der Waals surface area contributed by atoms with Crippen LogP contribution in [0, 0.1) is 17.8 Å². The van der Waals surface area contributed by atoms with Gasteiger partial charge in [0.1, 0.15) is 0 Å². The molecule has 1 aliphatic carbocycles. The van der Waals surface area contributed by atoms with Gasteiger partial charge in [-0.25, -0.2) is 0 Å². The fourth-order valence-corrected chi connectivity index (χ4v) is 4.30. The molecule has 1 heterocycles. The van der Waals surface area contributed by atoms with Gasteiger partial charge in [-0.05, 0) is 50.6 Å². The number of nitrogens with zero attached hydrogens (tertiary/aromatic N) is 1. The molecule has 136 valence electrons. The topological polar surface area (TPSA) is 32.3 Å². The van der Waals surface area contributed by atoms with Gasteiger partial charge < -0.3 is 10.2 Å². The predicted octanol–water partition coefficient (Wildman–Crippen LogP) is 4.25. The number of nitrogens with one attached hydrogen (secondary N) is 1. The zero-order valence-electron chi connectivity index (χ0n) is 15.2. The molecule has 3 nitrogen and oxygen atoms in total. The van der Waals surface area contributed by atoms with Gasteiger partial charge in [0.05, 0.1) is 0 Å². The molecule has 1 unspecified atom stereocenters. The summed E-state index contributed by atoms with van der Waals surface area (Å²) in [5, 5.41) is 3.45. The third-order valence-corrected chi connectivity index (χ3v) is 5.69. The Balaban J connectivity index is 0.00000264. The quantitative estimate of drug-likeness (QED) is 0.713. The molecule has 2 fully saturated rings. The Hall–Kier alpha value is -0.280. The molecule has 1 N–H and O–H groups in total. The van der Waals surface area contributed by atoms with Gasteiger partial charge in [-0.1, -0.05) is 46.0 Å². The summed E-state index contributed by atoms with van der Waals surface area (Å²) >= 11 is 0. The normalized spacial score (nSPS) is 21.2. The van der Waals surface area contributed by atoms with Crippen LogP contribution in [0.4, 0.5) is 0 Å². The average Bonchev–Trinajstić information content (AvgIpc) is 3.05. The van der Waals surface area contributed by atoms with Gasteiger partial charge in [-0.15, -0.1) is 12.4 Å². The largest absolute Gasteiger partial charge is 0.342 e. The number of rotatable bonds is 8. The highest BCUT2D eigenvalue weighted by molar-refractivity contribution is 5.85. The third-order valence-electron chi connectivity index (χ3n) is 5.69. The molecule has 1 aliphatic heterocycles. The van der Waals surface area contributed by atoms with E-state index in [4.69, 9.17) is 0 Å². The molecule has 1 saturated heterocycles. The highest BCUT2D eigenvalue weighted by Gasteiger charge is 2.30. The van der Waals surface area contributed by atoms with Crippen molar-refractivity contribution in [2.45, 2.75) is 71.6 Å². The predicted molar refractivity (Wildman–Crippen MR) is 100 cm³/mol. The van der Waals surface area contributed by atoms with Gasteiger partial charge in [0.15, 0.2) is 0 Å². The van der Waals surface area contributed by atoms with E-state index in [0.29, 0.717) is 11.8 Å². The van der Waals surface area contributed by atoms with Gasteiger partial charge in [-0.3, -0.25) is 4.79 Å². The molecule has 2 aliphatic rings. The Bertz CT molecular complexity index is 323.